The fraction of sp³-hybridized carbons (Fsp3) is 0. The van der Waals surface area contributed by atoms with Crippen molar-refractivity contribution in [1.29, 1.82) is 0 Å². The Bertz CT molecular complexity index is 364. The van der Waals surface area contributed by atoms with E-state index in [4.69, 9.17) is 5.73 Å². The van der Waals surface area contributed by atoms with E-state index in [0.29, 0.717) is 11.6 Å². The Balaban J connectivity index is 2.15. The molecule has 2 heterocycles. The summed E-state index contributed by atoms with van der Waals surface area (Å²) in [5.74, 6) is 1.23. The van der Waals surface area contributed by atoms with E-state index in [1.165, 1.54) is 12.4 Å². The van der Waals surface area contributed by atoms with Gasteiger partial charge in [0.2, 0.25) is 5.95 Å². The van der Waals surface area contributed by atoms with Crippen LogP contribution in [0.1, 0.15) is 0 Å². The molecule has 0 spiro atoms. The first-order valence-corrected chi connectivity index (χ1v) is 3.68. The molecule has 0 saturated heterocycles. The molecule has 2 aromatic heterocycles. The van der Waals surface area contributed by atoms with E-state index in [9.17, 15) is 0 Å². The first-order chi connectivity index (χ1) is 6.34. The highest BCUT2D eigenvalue weighted by atomic mass is 15.2. The van der Waals surface area contributed by atoms with Gasteiger partial charge in [-0.15, -0.1) is 0 Å². The van der Waals surface area contributed by atoms with Gasteiger partial charge in [-0.05, 0) is 0 Å². The first-order valence-electron chi connectivity index (χ1n) is 3.68. The highest BCUT2D eigenvalue weighted by Gasteiger charge is 1.96. The Morgan fingerprint density at radius 3 is 2.69 bits per heavy atom. The second-order valence-electron chi connectivity index (χ2n) is 2.44. The van der Waals surface area contributed by atoms with Gasteiger partial charge in [-0.2, -0.15) is 5.10 Å². The molecule has 0 bridgehead atoms. The highest BCUT2D eigenvalue weighted by Crippen LogP contribution is 2.07. The van der Waals surface area contributed by atoms with E-state index in [1.54, 1.807) is 12.3 Å². The topological polar surface area (TPSA) is 92.5 Å². The number of anilines is 3. The predicted molar refractivity (Wildman–Crippen MR) is 48.3 cm³/mol. The van der Waals surface area contributed by atoms with Gasteiger partial charge in [0.15, 0.2) is 0 Å². The lowest BCUT2D eigenvalue weighted by atomic mass is 10.5. The summed E-state index contributed by atoms with van der Waals surface area (Å²) >= 11 is 0. The normalized spacial score (nSPS) is 9.85. The van der Waals surface area contributed by atoms with Crippen LogP contribution in [0.15, 0.2) is 24.7 Å². The van der Waals surface area contributed by atoms with Crippen LogP contribution in [-0.2, 0) is 0 Å². The van der Waals surface area contributed by atoms with Crippen molar-refractivity contribution >= 4 is 17.5 Å². The minimum atomic E-state index is 0.485. The van der Waals surface area contributed by atoms with E-state index < -0.39 is 0 Å². The molecule has 0 aliphatic rings. The molecule has 0 radical (unpaired) electrons. The number of H-pyrrole nitrogens is 1. The zero-order valence-electron chi connectivity index (χ0n) is 6.73. The molecule has 0 saturated carbocycles. The second kappa shape index (κ2) is 3.10. The molecular formula is C7H8N6. The highest BCUT2D eigenvalue weighted by molar-refractivity contribution is 5.47. The number of aromatic amines is 1. The maximum absolute atomic E-state index is 5.43. The molecular weight excluding hydrogens is 168 g/mol. The summed E-state index contributed by atoms with van der Waals surface area (Å²) in [6.45, 7) is 0. The van der Waals surface area contributed by atoms with E-state index in [0.717, 1.165) is 5.82 Å². The van der Waals surface area contributed by atoms with Crippen LogP contribution in [0.4, 0.5) is 17.5 Å². The molecule has 2 rings (SSSR count). The summed E-state index contributed by atoms with van der Waals surface area (Å²) in [6, 6.07) is 1.78. The van der Waals surface area contributed by atoms with E-state index in [-0.39, 0.29) is 0 Å². The van der Waals surface area contributed by atoms with Crippen LogP contribution in [0.5, 0.6) is 0 Å². The maximum Gasteiger partial charge on any atom is 0.228 e. The molecule has 0 unspecified atom stereocenters. The maximum atomic E-state index is 5.43. The largest absolute Gasteiger partial charge is 0.396 e. The van der Waals surface area contributed by atoms with Gasteiger partial charge in [0.05, 0.1) is 24.3 Å². The fourth-order valence-electron chi connectivity index (χ4n) is 0.849. The van der Waals surface area contributed by atoms with Gasteiger partial charge in [0.1, 0.15) is 5.82 Å². The van der Waals surface area contributed by atoms with Gasteiger partial charge in [-0.1, -0.05) is 0 Å². The SMILES string of the molecule is Nc1cnc(Nc2ccn[nH]2)nc1. The van der Waals surface area contributed by atoms with Crippen LogP contribution in [0.25, 0.3) is 0 Å². The molecule has 0 atom stereocenters. The van der Waals surface area contributed by atoms with Crippen LogP contribution in [0.2, 0.25) is 0 Å². The average molecular weight is 176 g/mol. The van der Waals surface area contributed by atoms with Gasteiger partial charge < -0.3 is 11.1 Å². The fourth-order valence-corrected chi connectivity index (χ4v) is 0.849. The number of nitrogens with zero attached hydrogens (tertiary/aromatic N) is 3. The van der Waals surface area contributed by atoms with Crippen LogP contribution in [-0.4, -0.2) is 20.2 Å². The quantitative estimate of drug-likeness (QED) is 0.620. The molecule has 6 nitrogen and oxygen atoms in total. The number of nitrogen functional groups attached to an aromatic ring is 1. The lowest BCUT2D eigenvalue weighted by Gasteiger charge is -1.99. The summed E-state index contributed by atoms with van der Waals surface area (Å²) in [5, 5.41) is 9.41. The zero-order valence-corrected chi connectivity index (χ0v) is 6.73. The number of hydrogen-bond acceptors (Lipinski definition) is 5. The predicted octanol–water partition coefficient (Wildman–Crippen LogP) is 0.526. The van der Waals surface area contributed by atoms with Crippen molar-refractivity contribution in [3.63, 3.8) is 0 Å². The van der Waals surface area contributed by atoms with Crippen LogP contribution >= 0.6 is 0 Å². The lowest BCUT2D eigenvalue weighted by molar-refractivity contribution is 1.08. The summed E-state index contributed by atoms with van der Waals surface area (Å²) < 4.78 is 0. The molecule has 4 N–H and O–H groups in total. The molecule has 13 heavy (non-hydrogen) atoms. The smallest absolute Gasteiger partial charge is 0.228 e. The Kier molecular flexibility index (Phi) is 1.79. The van der Waals surface area contributed by atoms with Crippen molar-refractivity contribution in [2.45, 2.75) is 0 Å². The zero-order chi connectivity index (χ0) is 9.10. The monoisotopic (exact) mass is 176 g/mol. The minimum absolute atomic E-state index is 0.485. The summed E-state index contributed by atoms with van der Waals surface area (Å²) in [7, 11) is 0. The first kappa shape index (κ1) is 7.53. The molecule has 0 amide bonds. The van der Waals surface area contributed by atoms with Crippen molar-refractivity contribution in [3.8, 4) is 0 Å². The van der Waals surface area contributed by atoms with E-state index in [2.05, 4.69) is 25.5 Å². The van der Waals surface area contributed by atoms with Gasteiger partial charge in [0, 0.05) is 6.07 Å². The third-order valence-corrected chi connectivity index (χ3v) is 1.42. The summed E-state index contributed by atoms with van der Waals surface area (Å²) in [5.41, 5.74) is 5.96. The van der Waals surface area contributed by atoms with Gasteiger partial charge >= 0.3 is 0 Å². The van der Waals surface area contributed by atoms with Crippen molar-refractivity contribution < 1.29 is 0 Å². The minimum Gasteiger partial charge on any atom is -0.396 e. The van der Waals surface area contributed by atoms with Crippen LogP contribution in [0.3, 0.4) is 0 Å². The van der Waals surface area contributed by atoms with E-state index >= 15 is 0 Å². The van der Waals surface area contributed by atoms with Crippen molar-refractivity contribution in [2.75, 3.05) is 11.1 Å². The third kappa shape index (κ3) is 1.73. The summed E-state index contributed by atoms with van der Waals surface area (Å²) in [4.78, 5) is 7.92. The Morgan fingerprint density at radius 2 is 2.08 bits per heavy atom. The number of nitrogens with two attached hydrogens (primary N) is 1. The molecule has 0 aliphatic heterocycles. The molecule has 6 heteroatoms. The van der Waals surface area contributed by atoms with Crippen molar-refractivity contribution in [1.82, 2.24) is 20.2 Å². The molecule has 66 valence electrons. The molecule has 0 aliphatic carbocycles. The van der Waals surface area contributed by atoms with Crippen LogP contribution in [0, 0.1) is 0 Å². The Hall–Kier alpha value is -2.11. The number of nitrogens with one attached hydrogen (secondary N) is 2. The number of rotatable bonds is 2. The molecule has 0 aromatic carbocycles. The average Bonchev–Trinajstić information content (AvgIpc) is 2.62. The molecule has 0 fully saturated rings. The number of aromatic nitrogens is 4. The lowest BCUT2D eigenvalue weighted by Crippen LogP contribution is -1.98. The van der Waals surface area contributed by atoms with Gasteiger partial charge in [-0.25, -0.2) is 9.97 Å². The van der Waals surface area contributed by atoms with Crippen LogP contribution < -0.4 is 11.1 Å². The van der Waals surface area contributed by atoms with E-state index in [1.807, 2.05) is 0 Å². The molecule has 2 aromatic rings. The summed E-state index contributed by atoms with van der Waals surface area (Å²) in [6.07, 6.45) is 4.71. The second-order valence-corrected chi connectivity index (χ2v) is 2.44. The van der Waals surface area contributed by atoms with Crippen molar-refractivity contribution in [2.24, 2.45) is 0 Å². The third-order valence-electron chi connectivity index (χ3n) is 1.42. The number of hydrogen-bond donors (Lipinski definition) is 3. The van der Waals surface area contributed by atoms with Crippen molar-refractivity contribution in [3.05, 3.63) is 24.7 Å². The Morgan fingerprint density at radius 1 is 1.31 bits per heavy atom. The van der Waals surface area contributed by atoms with Gasteiger partial charge in [0.25, 0.3) is 0 Å². The van der Waals surface area contributed by atoms with Gasteiger partial charge in [-0.3, -0.25) is 5.10 Å². The Labute approximate surface area is 74.2 Å². The standard InChI is InChI=1S/C7H8N6/c8-5-3-9-7(10-4-5)12-6-1-2-11-13-6/h1-4H,8H2,(H2,9,10,11,12,13).